The summed E-state index contributed by atoms with van der Waals surface area (Å²) in [6.07, 6.45) is 3.65. The van der Waals surface area contributed by atoms with Crippen molar-refractivity contribution >= 4 is 10.0 Å². The zero-order valence-electron chi connectivity index (χ0n) is 13.4. The van der Waals surface area contributed by atoms with Gasteiger partial charge in [0.25, 0.3) is 0 Å². The lowest BCUT2D eigenvalue weighted by Gasteiger charge is -2.26. The second-order valence-corrected chi connectivity index (χ2v) is 8.34. The molecule has 1 atom stereocenters. The van der Waals surface area contributed by atoms with E-state index in [2.05, 4.69) is 24.1 Å². The fourth-order valence-electron chi connectivity index (χ4n) is 2.70. The van der Waals surface area contributed by atoms with Crippen LogP contribution in [0, 0.1) is 0 Å². The molecule has 1 saturated heterocycles. The monoisotopic (exact) mass is 305 g/mol. The second-order valence-electron chi connectivity index (χ2n) is 6.30. The van der Waals surface area contributed by atoms with Crippen LogP contribution in [-0.4, -0.2) is 69.2 Å². The van der Waals surface area contributed by atoms with E-state index < -0.39 is 10.0 Å². The van der Waals surface area contributed by atoms with Crippen LogP contribution in [0.2, 0.25) is 0 Å². The third kappa shape index (κ3) is 6.08. The first-order chi connectivity index (χ1) is 9.33. The molecule has 0 aliphatic carbocycles. The van der Waals surface area contributed by atoms with Gasteiger partial charge in [-0.3, -0.25) is 0 Å². The highest BCUT2D eigenvalue weighted by atomic mass is 32.2. The van der Waals surface area contributed by atoms with Crippen molar-refractivity contribution in [2.24, 2.45) is 0 Å². The van der Waals surface area contributed by atoms with E-state index in [1.54, 1.807) is 4.31 Å². The van der Waals surface area contributed by atoms with Crippen LogP contribution < -0.4 is 5.32 Å². The molecule has 6 heteroatoms. The summed E-state index contributed by atoms with van der Waals surface area (Å²) in [7, 11) is 0.925. The van der Waals surface area contributed by atoms with Crippen LogP contribution in [0.25, 0.3) is 0 Å². The van der Waals surface area contributed by atoms with Gasteiger partial charge in [0.2, 0.25) is 10.0 Å². The van der Waals surface area contributed by atoms with Gasteiger partial charge in [-0.05, 0) is 46.3 Å². The van der Waals surface area contributed by atoms with Crippen molar-refractivity contribution in [3.05, 3.63) is 0 Å². The van der Waals surface area contributed by atoms with Gasteiger partial charge in [0, 0.05) is 25.2 Å². The molecule has 0 aromatic rings. The normalized spacial score (nSPS) is 21.2. The molecule has 0 spiro atoms. The molecule has 1 aliphatic heterocycles. The molecule has 1 fully saturated rings. The highest BCUT2D eigenvalue weighted by molar-refractivity contribution is 7.89. The number of sulfonamides is 1. The number of nitrogens with one attached hydrogen (secondary N) is 1. The number of likely N-dealkylation sites (N-methyl/N-ethyl adjacent to an activating group) is 1. The predicted molar refractivity (Wildman–Crippen MR) is 84.4 cm³/mol. The molecule has 0 aromatic carbocycles. The molecule has 1 N–H and O–H groups in total. The first-order valence-electron chi connectivity index (χ1n) is 7.70. The van der Waals surface area contributed by atoms with Gasteiger partial charge in [-0.1, -0.05) is 13.8 Å². The lowest BCUT2D eigenvalue weighted by molar-refractivity contribution is 0.291. The van der Waals surface area contributed by atoms with E-state index in [1.807, 2.05) is 14.1 Å². The first-order valence-corrected chi connectivity index (χ1v) is 9.31. The van der Waals surface area contributed by atoms with Gasteiger partial charge in [-0.15, -0.1) is 0 Å². The maximum Gasteiger partial charge on any atom is 0.214 e. The maximum atomic E-state index is 12.4. The number of hydrogen-bond donors (Lipinski definition) is 1. The van der Waals surface area contributed by atoms with E-state index in [0.29, 0.717) is 12.6 Å². The average Bonchev–Trinajstić information content (AvgIpc) is 2.76. The molecule has 0 radical (unpaired) electrons. The molecular weight excluding hydrogens is 274 g/mol. The van der Waals surface area contributed by atoms with Crippen LogP contribution in [-0.2, 0) is 10.0 Å². The number of hydrogen-bond acceptors (Lipinski definition) is 4. The molecule has 0 amide bonds. The van der Waals surface area contributed by atoms with Crippen LogP contribution in [0.5, 0.6) is 0 Å². The fraction of sp³-hybridized carbons (Fsp3) is 1.00. The molecule has 120 valence electrons. The molecule has 0 saturated carbocycles. The van der Waals surface area contributed by atoms with E-state index in [4.69, 9.17) is 0 Å². The van der Waals surface area contributed by atoms with Gasteiger partial charge in [0.15, 0.2) is 0 Å². The predicted octanol–water partition coefficient (Wildman–Crippen LogP) is 1.12. The van der Waals surface area contributed by atoms with Crippen LogP contribution >= 0.6 is 0 Å². The average molecular weight is 305 g/mol. The summed E-state index contributed by atoms with van der Waals surface area (Å²) in [6.45, 7) is 6.63. The maximum absolute atomic E-state index is 12.4. The topological polar surface area (TPSA) is 52.7 Å². The Morgan fingerprint density at radius 1 is 1.30 bits per heavy atom. The summed E-state index contributed by atoms with van der Waals surface area (Å²) < 4.78 is 26.6. The Kier molecular flexibility index (Phi) is 7.43. The molecule has 0 bridgehead atoms. The summed E-state index contributed by atoms with van der Waals surface area (Å²) in [5.74, 6) is 0.288. The third-order valence-corrected chi connectivity index (χ3v) is 5.64. The largest absolute Gasteiger partial charge is 0.315 e. The van der Waals surface area contributed by atoms with Gasteiger partial charge >= 0.3 is 0 Å². The van der Waals surface area contributed by atoms with Gasteiger partial charge in [0.1, 0.15) is 0 Å². The van der Waals surface area contributed by atoms with Crippen molar-refractivity contribution < 1.29 is 8.42 Å². The molecule has 0 aromatic heterocycles. The Morgan fingerprint density at radius 2 is 2.00 bits per heavy atom. The van der Waals surface area contributed by atoms with Crippen molar-refractivity contribution in [2.45, 2.75) is 51.6 Å². The van der Waals surface area contributed by atoms with E-state index in [-0.39, 0.29) is 11.8 Å². The van der Waals surface area contributed by atoms with E-state index in [0.717, 1.165) is 38.8 Å². The number of rotatable bonds is 9. The van der Waals surface area contributed by atoms with Gasteiger partial charge in [-0.25, -0.2) is 8.42 Å². The minimum atomic E-state index is -3.08. The van der Waals surface area contributed by atoms with Crippen molar-refractivity contribution in [3.63, 3.8) is 0 Å². The summed E-state index contributed by atoms with van der Waals surface area (Å²) in [6, 6.07) is 0.637. The van der Waals surface area contributed by atoms with E-state index in [1.165, 1.54) is 0 Å². The number of unbranched alkanes of at least 4 members (excludes halogenated alkanes) is 1. The molecule has 1 heterocycles. The van der Waals surface area contributed by atoms with Gasteiger partial charge < -0.3 is 10.2 Å². The van der Waals surface area contributed by atoms with Crippen LogP contribution in [0.3, 0.4) is 0 Å². The quantitative estimate of drug-likeness (QED) is 0.649. The van der Waals surface area contributed by atoms with Crippen LogP contribution in [0.4, 0.5) is 0 Å². The zero-order chi connectivity index (χ0) is 15.2. The van der Waals surface area contributed by atoms with Gasteiger partial charge in [0.05, 0.1) is 5.75 Å². The minimum absolute atomic E-state index is 0.170. The molecule has 1 aliphatic rings. The Morgan fingerprint density at radius 3 is 2.60 bits per heavy atom. The van der Waals surface area contributed by atoms with Crippen LogP contribution in [0.1, 0.15) is 39.5 Å². The highest BCUT2D eigenvalue weighted by Gasteiger charge is 2.33. The molecule has 5 nitrogen and oxygen atoms in total. The van der Waals surface area contributed by atoms with Crippen molar-refractivity contribution in [3.8, 4) is 0 Å². The SMILES string of the molecule is CC(C)NCCCCS(=O)(=O)N1CCCC1CN(C)C. The fourth-order valence-corrected chi connectivity index (χ4v) is 4.53. The second kappa shape index (κ2) is 8.32. The van der Waals surface area contributed by atoms with Crippen molar-refractivity contribution in [1.82, 2.24) is 14.5 Å². The lowest BCUT2D eigenvalue weighted by Crippen LogP contribution is -2.42. The van der Waals surface area contributed by atoms with Crippen LogP contribution in [0.15, 0.2) is 0 Å². The minimum Gasteiger partial charge on any atom is -0.315 e. The first kappa shape index (κ1) is 17.9. The summed E-state index contributed by atoms with van der Waals surface area (Å²) in [5, 5.41) is 3.32. The Hall–Kier alpha value is -0.170. The van der Waals surface area contributed by atoms with E-state index >= 15 is 0 Å². The lowest BCUT2D eigenvalue weighted by atomic mass is 10.2. The zero-order valence-corrected chi connectivity index (χ0v) is 14.2. The Bertz CT molecular complexity index is 369. The summed E-state index contributed by atoms with van der Waals surface area (Å²) in [5.41, 5.74) is 0. The van der Waals surface area contributed by atoms with E-state index in [9.17, 15) is 8.42 Å². The third-order valence-electron chi connectivity index (χ3n) is 3.64. The molecule has 1 unspecified atom stereocenters. The highest BCUT2D eigenvalue weighted by Crippen LogP contribution is 2.22. The molecule has 20 heavy (non-hydrogen) atoms. The standard InChI is InChI=1S/C14H31N3O2S/c1-13(2)15-9-5-6-11-20(18,19)17-10-7-8-14(17)12-16(3)4/h13-15H,5-12H2,1-4H3. The summed E-state index contributed by atoms with van der Waals surface area (Å²) >= 11 is 0. The molecular formula is C14H31N3O2S. The smallest absolute Gasteiger partial charge is 0.214 e. The van der Waals surface area contributed by atoms with Crippen molar-refractivity contribution in [2.75, 3.05) is 39.5 Å². The Labute approximate surface area is 124 Å². The summed E-state index contributed by atoms with van der Waals surface area (Å²) in [4.78, 5) is 2.07. The van der Waals surface area contributed by atoms with Crippen molar-refractivity contribution in [1.29, 1.82) is 0 Å². The number of nitrogens with zero attached hydrogens (tertiary/aromatic N) is 2. The van der Waals surface area contributed by atoms with Gasteiger partial charge in [-0.2, -0.15) is 4.31 Å². The Balaban J connectivity index is 2.39. The molecule has 1 rings (SSSR count).